The number of hydrogen-bond acceptors (Lipinski definition) is 11. The Morgan fingerprint density at radius 3 is 1.24 bits per heavy atom. The van der Waals surface area contributed by atoms with Crippen LogP contribution in [0.1, 0.15) is 132 Å². The van der Waals surface area contributed by atoms with Gasteiger partial charge in [0.1, 0.15) is 6.10 Å². The second-order valence-electron chi connectivity index (χ2n) is 17.0. The maximum absolute atomic E-state index is 11.0. The Kier molecular flexibility index (Phi) is 41.5. The molecule has 10 rings (SSSR count). The normalized spacial score (nSPS) is 16.9. The summed E-state index contributed by atoms with van der Waals surface area (Å²) in [6, 6.07) is 18.0. The Labute approximate surface area is 537 Å². The predicted octanol–water partition coefficient (Wildman–Crippen LogP) is 14.0. The molecule has 0 amide bonds. The van der Waals surface area contributed by atoms with Crippen LogP contribution in [0.15, 0.2) is 63.5 Å². The monoisotopic (exact) mass is 1780 g/mol. The second kappa shape index (κ2) is 42.3. The van der Waals surface area contributed by atoms with Gasteiger partial charge in [-0.15, -0.1) is 0 Å². The Bertz CT molecular complexity index is 2080. The fourth-order valence-corrected chi connectivity index (χ4v) is 8.46. The van der Waals surface area contributed by atoms with E-state index in [9.17, 15) is 5.11 Å². The molecule has 74 heavy (non-hydrogen) atoms. The molecule has 0 bridgehead atoms. The predicted molar refractivity (Wildman–Crippen MR) is 334 cm³/mol. The Balaban J connectivity index is 0.000000325. The van der Waals surface area contributed by atoms with Gasteiger partial charge in [-0.05, 0) is 148 Å². The third kappa shape index (κ3) is 27.3. The number of ether oxygens (including phenoxy) is 10. The molecule has 6 heterocycles. The van der Waals surface area contributed by atoms with E-state index in [1.807, 2.05) is 44.2 Å². The molecule has 5 saturated heterocycles. The van der Waals surface area contributed by atoms with E-state index in [0.29, 0.717) is 60.6 Å². The van der Waals surface area contributed by atoms with Crippen molar-refractivity contribution in [3.63, 3.8) is 0 Å². The van der Waals surface area contributed by atoms with E-state index in [-0.39, 0.29) is 43.2 Å². The Hall–Kier alpha value is 2.50. The second-order valence-corrected chi connectivity index (χ2v) is 65.8. The van der Waals surface area contributed by atoms with Gasteiger partial charge < -0.3 is 59.4 Å². The van der Waals surface area contributed by atoms with Crippen LogP contribution in [0.4, 0.5) is 0 Å². The number of benzene rings is 4. The molecule has 6 aliphatic heterocycles. The zero-order valence-corrected chi connectivity index (χ0v) is 60.6. The molecule has 0 radical (unpaired) electrons. The number of aliphatic hydroxyl groups is 1. The van der Waals surface area contributed by atoms with Crippen molar-refractivity contribution in [1.82, 2.24) is 0 Å². The van der Waals surface area contributed by atoms with E-state index < -0.39 is 12.4 Å². The van der Waals surface area contributed by atoms with Gasteiger partial charge in [0.2, 0.25) is 6.79 Å². The summed E-state index contributed by atoms with van der Waals surface area (Å²) in [6.07, 6.45) is 5.79. The van der Waals surface area contributed by atoms with Gasteiger partial charge >= 0.3 is 133 Å². The van der Waals surface area contributed by atoms with Gasteiger partial charge in [-0.2, -0.15) is 6.42 Å². The maximum atomic E-state index is 11.0. The molecular weight excluding hydrogens is 1720 g/mol. The van der Waals surface area contributed by atoms with Crippen molar-refractivity contribution in [2.75, 3.05) is 72.9 Å². The standard InChI is InChI=1S/C19H20O5.2C11H13BrO2.2C4H8O.C4H9.5HI.Li.2V/c1-11-7-14(15(8-12(11)2)19-21-5-6-22-19)18(20)13-3-4-16-17(9-13)24-10-23-16;2*1-7-5-9(10(12)6-8(7)2)11-13-3-4-14-11;2*1-2-4-5-3-1;1-3-4-2;;;;;;;;/h3-4,7-9,18-20H,5-6,10H2,1-2H3;2*5-6,11H,3-4H2,1-2H3;2*1-4H2;1,3-4H2,2H3;5*1H;;;/q;;;;;-1;;;;;;+1;+2;+3/p-5. The minimum atomic E-state index is -0.790. The molecule has 1 unspecified atom stereocenters. The van der Waals surface area contributed by atoms with Gasteiger partial charge in [-0.25, -0.2) is 0 Å². The first kappa shape index (κ1) is 72.6. The molecule has 11 nitrogen and oxygen atoms in total. The van der Waals surface area contributed by atoms with E-state index >= 15 is 0 Å². The average molecular weight is 1790 g/mol. The van der Waals surface area contributed by atoms with Gasteiger partial charge in [-0.1, -0.05) is 63.4 Å². The summed E-state index contributed by atoms with van der Waals surface area (Å²) in [7, 11) is 0.628. The van der Waals surface area contributed by atoms with Crippen LogP contribution < -0.4 is 28.3 Å². The minimum absolute atomic E-state index is 0. The summed E-state index contributed by atoms with van der Waals surface area (Å²) < 4.78 is 55.9. The van der Waals surface area contributed by atoms with Crippen LogP contribution >= 0.6 is 132 Å². The summed E-state index contributed by atoms with van der Waals surface area (Å²) in [4.78, 5) is -0.278. The van der Waals surface area contributed by atoms with Gasteiger partial charge in [0.05, 0.1) is 39.6 Å². The number of halogens is 7. The maximum Gasteiger partial charge on any atom is 1.00 e. The molecule has 4 aromatic carbocycles. The Morgan fingerprint density at radius 2 is 0.892 bits per heavy atom. The summed E-state index contributed by atoms with van der Waals surface area (Å²) in [6.45, 7) is 26.3. The number of hydrogen-bond donors (Lipinski definition) is 1. The van der Waals surface area contributed by atoms with E-state index in [1.165, 1.54) is 54.4 Å². The van der Waals surface area contributed by atoms with Crippen LogP contribution in [0.3, 0.4) is 0 Å². The molecule has 0 aliphatic carbocycles. The van der Waals surface area contributed by atoms with Crippen molar-refractivity contribution in [3.05, 3.63) is 132 Å². The molecular formula is C53H71Br2I5LiO11V2. The number of aryl methyl sites for hydroxylation is 6. The molecule has 0 spiro atoms. The third-order valence-electron chi connectivity index (χ3n) is 11.6. The number of fused-ring (bicyclic) bond motifs is 1. The van der Waals surface area contributed by atoms with Crippen LogP contribution in [0.25, 0.3) is 0 Å². The van der Waals surface area contributed by atoms with E-state index in [2.05, 4.69) is 198 Å². The van der Waals surface area contributed by atoms with Gasteiger partial charge in [0.25, 0.3) is 0 Å². The quantitative estimate of drug-likeness (QED) is 0.113. The van der Waals surface area contributed by atoms with Crippen molar-refractivity contribution in [3.8, 4) is 11.5 Å². The van der Waals surface area contributed by atoms with Crippen molar-refractivity contribution < 1.29 is 85.7 Å². The zero-order valence-electron chi connectivity index (χ0n) is 43.8. The van der Waals surface area contributed by atoms with E-state index in [4.69, 9.17) is 47.4 Å². The minimum Gasteiger partial charge on any atom is 1.00 e. The first-order valence-corrected chi connectivity index (χ1v) is 48.2. The van der Waals surface area contributed by atoms with Crippen LogP contribution in [0.2, 0.25) is 0 Å². The van der Waals surface area contributed by atoms with Crippen LogP contribution in [0, 0.1) is 48.5 Å². The van der Waals surface area contributed by atoms with Crippen molar-refractivity contribution in [1.29, 1.82) is 0 Å². The summed E-state index contributed by atoms with van der Waals surface area (Å²) >= 11 is 19.2. The molecule has 1 atom stereocenters. The van der Waals surface area contributed by atoms with Crippen molar-refractivity contribution in [2.24, 2.45) is 0 Å². The SMILES string of the molecule is C1CCOC1.C1CCOC1.Cc1cc(Br)c(C2OCCO2)cc1C.Cc1cc(Br)c(C2OCCO2)cc1C.Cc1cc(C2OCCO2)c(C(O)c2ccc3c(c2)OCO3)cc1C.[CH2-]CCC.[I][V]([I])[I].[I][V][I].[Li+]. The molecule has 0 saturated carbocycles. The number of aliphatic hydroxyl groups excluding tert-OH is 1. The average Bonchev–Trinajstić information content (AvgIpc) is 4.22. The van der Waals surface area contributed by atoms with Gasteiger partial charge in [-0.3, -0.25) is 0 Å². The smallest absolute Gasteiger partial charge is 1.00 e. The first-order chi connectivity index (χ1) is 35.1. The number of unbranched alkanes of at least 4 members (excludes halogenated alkanes) is 1. The van der Waals surface area contributed by atoms with Crippen molar-refractivity contribution in [2.45, 2.75) is 112 Å². The van der Waals surface area contributed by atoms with Gasteiger partial charge in [0, 0.05) is 52.1 Å². The summed E-state index contributed by atoms with van der Waals surface area (Å²) in [5, 5.41) is 11.0. The molecule has 5 fully saturated rings. The van der Waals surface area contributed by atoms with E-state index in [1.54, 1.807) is 0 Å². The molecule has 6 aliphatic rings. The first-order valence-electron chi connectivity index (χ1n) is 24.1. The third-order valence-corrected chi connectivity index (χ3v) is 12.9. The van der Waals surface area contributed by atoms with Crippen LogP contribution in [-0.4, -0.2) is 78.0 Å². The van der Waals surface area contributed by atoms with Crippen LogP contribution in [-0.2, 0) is 52.3 Å². The summed E-state index contributed by atoms with van der Waals surface area (Å²) in [5.41, 5.74) is 11.9. The van der Waals surface area contributed by atoms with Crippen LogP contribution in [0.5, 0.6) is 11.5 Å². The largest absolute Gasteiger partial charge is 1.00 e. The molecule has 409 valence electrons. The summed E-state index contributed by atoms with van der Waals surface area (Å²) in [5.74, 6) is 1.36. The fraction of sp³-hybridized carbons (Fsp3) is 0.528. The topological polar surface area (TPSA) is 113 Å². The van der Waals surface area contributed by atoms with E-state index in [0.717, 1.165) is 80.7 Å². The fourth-order valence-electron chi connectivity index (χ4n) is 7.17. The number of rotatable bonds is 6. The molecule has 1 N–H and O–H groups in total. The van der Waals surface area contributed by atoms with Gasteiger partial charge in [0.15, 0.2) is 30.4 Å². The molecule has 0 aromatic heterocycles. The molecule has 4 aromatic rings. The zero-order chi connectivity index (χ0) is 53.7. The molecule has 21 heteroatoms. The Morgan fingerprint density at radius 1 is 0.568 bits per heavy atom. The van der Waals surface area contributed by atoms with Crippen molar-refractivity contribution >= 4 is 132 Å².